The molecule has 0 fully saturated rings. The van der Waals surface area contributed by atoms with Crippen molar-refractivity contribution in [3.05, 3.63) is 67.8 Å². The Labute approximate surface area is 156 Å². The quantitative estimate of drug-likeness (QED) is 0.443. The number of hydrogen-bond donors (Lipinski definition) is 2. The van der Waals surface area contributed by atoms with Crippen LogP contribution in [0.3, 0.4) is 0 Å². The predicted molar refractivity (Wildman–Crippen MR) is 92.2 cm³/mol. The van der Waals surface area contributed by atoms with Crippen molar-refractivity contribution in [3.8, 4) is 11.5 Å². The lowest BCUT2D eigenvalue weighted by Gasteiger charge is -1.99. The Hall–Kier alpha value is -4.22. The molecule has 0 saturated carbocycles. The zero-order chi connectivity index (χ0) is 21.4. The molecule has 0 amide bonds. The minimum Gasteiger partial charge on any atom is -0.502 e. The first-order valence-electron chi connectivity index (χ1n) is 7.23. The molecule has 12 heteroatoms. The van der Waals surface area contributed by atoms with E-state index in [1.54, 1.807) is 0 Å². The zero-order valence-corrected chi connectivity index (χ0v) is 14.5. The number of methoxy groups -OCH3 is 2. The van der Waals surface area contributed by atoms with Crippen molar-refractivity contribution >= 4 is 23.3 Å². The summed E-state index contributed by atoms with van der Waals surface area (Å²) in [6, 6.07) is 6.56. The number of benzene rings is 2. The van der Waals surface area contributed by atoms with E-state index in [-0.39, 0.29) is 11.1 Å². The van der Waals surface area contributed by atoms with E-state index in [1.165, 1.54) is 26.4 Å². The first-order valence-corrected chi connectivity index (χ1v) is 7.23. The van der Waals surface area contributed by atoms with Gasteiger partial charge in [0.05, 0.1) is 35.2 Å². The third-order valence-electron chi connectivity index (χ3n) is 3.19. The maximum absolute atomic E-state index is 11.0. The van der Waals surface area contributed by atoms with Gasteiger partial charge in [-0.05, 0) is 24.3 Å². The molecule has 0 bridgehead atoms. The van der Waals surface area contributed by atoms with Gasteiger partial charge in [0.25, 0.3) is 0 Å². The summed E-state index contributed by atoms with van der Waals surface area (Å²) >= 11 is 0. The molecule has 2 N–H and O–H groups in total. The summed E-state index contributed by atoms with van der Waals surface area (Å²) in [5.41, 5.74) is -0.991. The molecule has 0 heterocycles. The van der Waals surface area contributed by atoms with Gasteiger partial charge in [-0.1, -0.05) is 0 Å². The second-order valence-electron chi connectivity index (χ2n) is 4.90. The Morgan fingerprint density at radius 2 is 1.11 bits per heavy atom. The number of ether oxygens (including phenoxy) is 2. The van der Waals surface area contributed by atoms with Gasteiger partial charge in [-0.15, -0.1) is 0 Å². The van der Waals surface area contributed by atoms with E-state index < -0.39 is 44.7 Å². The van der Waals surface area contributed by atoms with Gasteiger partial charge in [0.2, 0.25) is 0 Å². The SMILES string of the molecule is COC(=O)c1ccc(O)c([N+](=O)[O-])c1.COC(=O)c1ccc(O)c([N+](=O)[O-])c1. The molecule has 12 nitrogen and oxygen atoms in total. The number of nitro groups is 2. The lowest BCUT2D eigenvalue weighted by atomic mass is 10.2. The number of carbonyl (C=O) groups is 2. The second kappa shape index (κ2) is 9.47. The number of phenols is 2. The number of esters is 2. The van der Waals surface area contributed by atoms with Gasteiger partial charge in [-0.3, -0.25) is 20.2 Å². The van der Waals surface area contributed by atoms with E-state index in [9.17, 15) is 29.8 Å². The highest BCUT2D eigenvalue weighted by molar-refractivity contribution is 5.91. The summed E-state index contributed by atoms with van der Waals surface area (Å²) in [5, 5.41) is 38.9. The lowest BCUT2D eigenvalue weighted by Crippen LogP contribution is -2.01. The Morgan fingerprint density at radius 1 is 0.786 bits per heavy atom. The fraction of sp³-hybridized carbons (Fsp3) is 0.125. The molecule has 148 valence electrons. The van der Waals surface area contributed by atoms with Crippen LogP contribution in [0, 0.1) is 20.2 Å². The Morgan fingerprint density at radius 3 is 1.36 bits per heavy atom. The molecule has 0 aliphatic carbocycles. The fourth-order valence-electron chi connectivity index (χ4n) is 1.83. The molecule has 2 aromatic rings. The summed E-state index contributed by atoms with van der Waals surface area (Å²) in [6.07, 6.45) is 0. The third-order valence-corrected chi connectivity index (χ3v) is 3.19. The monoisotopic (exact) mass is 394 g/mol. The Balaban J connectivity index is 0.000000280. The molecule has 0 atom stereocenters. The Kier molecular flexibility index (Phi) is 7.38. The summed E-state index contributed by atoms with van der Waals surface area (Å²) < 4.78 is 8.74. The molecular formula is C16H14N2O10. The van der Waals surface area contributed by atoms with E-state index >= 15 is 0 Å². The molecule has 2 aromatic carbocycles. The maximum Gasteiger partial charge on any atom is 0.338 e. The van der Waals surface area contributed by atoms with E-state index in [4.69, 9.17) is 10.2 Å². The average molecular weight is 394 g/mol. The predicted octanol–water partition coefficient (Wildman–Crippen LogP) is 2.17. The number of carbonyl (C=O) groups excluding carboxylic acids is 2. The second-order valence-corrected chi connectivity index (χ2v) is 4.90. The molecule has 0 aromatic heterocycles. The number of aromatic hydroxyl groups is 2. The number of hydrogen-bond acceptors (Lipinski definition) is 10. The molecule has 0 unspecified atom stereocenters. The van der Waals surface area contributed by atoms with Crippen LogP contribution in [-0.2, 0) is 9.47 Å². The standard InChI is InChI=1S/2C8H7NO5/c2*1-14-8(11)5-2-3-7(10)6(4-5)9(12)13/h2*2-4,10H,1H3. The third kappa shape index (κ3) is 5.39. The summed E-state index contributed by atoms with van der Waals surface area (Å²) in [4.78, 5) is 41.2. The van der Waals surface area contributed by atoms with Gasteiger partial charge in [0, 0.05) is 12.1 Å². The van der Waals surface area contributed by atoms with E-state index in [0.29, 0.717) is 0 Å². The van der Waals surface area contributed by atoms with Crippen LogP contribution in [0.1, 0.15) is 20.7 Å². The van der Waals surface area contributed by atoms with Crippen LogP contribution in [0.25, 0.3) is 0 Å². The van der Waals surface area contributed by atoms with Crippen LogP contribution in [-0.4, -0.2) is 46.2 Å². The van der Waals surface area contributed by atoms with Crippen molar-refractivity contribution < 1.29 is 39.1 Å². The molecule has 0 saturated heterocycles. The van der Waals surface area contributed by atoms with Gasteiger partial charge in [0.15, 0.2) is 11.5 Å². The van der Waals surface area contributed by atoms with Crippen LogP contribution in [0.15, 0.2) is 36.4 Å². The van der Waals surface area contributed by atoms with Gasteiger partial charge < -0.3 is 19.7 Å². The molecule has 0 radical (unpaired) electrons. The first kappa shape index (κ1) is 21.8. The van der Waals surface area contributed by atoms with Crippen LogP contribution in [0.4, 0.5) is 11.4 Å². The lowest BCUT2D eigenvalue weighted by molar-refractivity contribution is -0.386. The minimum absolute atomic E-state index is 0.0250. The van der Waals surface area contributed by atoms with Crippen molar-refractivity contribution in [2.24, 2.45) is 0 Å². The highest BCUT2D eigenvalue weighted by Gasteiger charge is 2.17. The van der Waals surface area contributed by atoms with Crippen molar-refractivity contribution in [1.82, 2.24) is 0 Å². The highest BCUT2D eigenvalue weighted by Crippen LogP contribution is 2.27. The molecular weight excluding hydrogens is 380 g/mol. The van der Waals surface area contributed by atoms with Gasteiger partial charge in [-0.2, -0.15) is 0 Å². The van der Waals surface area contributed by atoms with Crippen LogP contribution in [0.2, 0.25) is 0 Å². The normalized spacial score (nSPS) is 9.50. The molecule has 0 aliphatic rings. The minimum atomic E-state index is -0.776. The van der Waals surface area contributed by atoms with Gasteiger partial charge in [0.1, 0.15) is 0 Å². The van der Waals surface area contributed by atoms with E-state index in [0.717, 1.165) is 24.3 Å². The van der Waals surface area contributed by atoms with E-state index in [2.05, 4.69) is 9.47 Å². The maximum atomic E-state index is 11.0. The van der Waals surface area contributed by atoms with Crippen molar-refractivity contribution in [1.29, 1.82) is 0 Å². The smallest absolute Gasteiger partial charge is 0.338 e. The van der Waals surface area contributed by atoms with E-state index in [1.807, 2.05) is 0 Å². The van der Waals surface area contributed by atoms with Gasteiger partial charge >= 0.3 is 23.3 Å². The number of nitro benzene ring substituents is 2. The van der Waals surface area contributed by atoms with Crippen LogP contribution < -0.4 is 0 Å². The van der Waals surface area contributed by atoms with Crippen molar-refractivity contribution in [3.63, 3.8) is 0 Å². The topological polar surface area (TPSA) is 179 Å². The molecule has 28 heavy (non-hydrogen) atoms. The summed E-state index contributed by atoms with van der Waals surface area (Å²) in [7, 11) is 2.34. The Bertz CT molecular complexity index is 850. The first-order chi connectivity index (χ1) is 13.1. The highest BCUT2D eigenvalue weighted by atomic mass is 16.6. The average Bonchev–Trinajstić information content (AvgIpc) is 2.67. The zero-order valence-electron chi connectivity index (χ0n) is 14.5. The van der Waals surface area contributed by atoms with Crippen LogP contribution in [0.5, 0.6) is 11.5 Å². The van der Waals surface area contributed by atoms with Gasteiger partial charge in [-0.25, -0.2) is 9.59 Å². The van der Waals surface area contributed by atoms with Crippen LogP contribution >= 0.6 is 0 Å². The summed E-state index contributed by atoms with van der Waals surface area (Å²) in [6.45, 7) is 0. The number of rotatable bonds is 4. The molecule has 0 aliphatic heterocycles. The fourth-order valence-corrected chi connectivity index (χ4v) is 1.83. The molecule has 2 rings (SSSR count). The summed E-state index contributed by atoms with van der Waals surface area (Å²) in [5.74, 6) is -2.34. The number of nitrogens with zero attached hydrogens (tertiary/aromatic N) is 2. The largest absolute Gasteiger partial charge is 0.502 e. The number of phenolic OH excluding ortho intramolecular Hbond substituents is 2. The van der Waals surface area contributed by atoms with Crippen molar-refractivity contribution in [2.45, 2.75) is 0 Å². The molecule has 0 spiro atoms. The van der Waals surface area contributed by atoms with Crippen molar-refractivity contribution in [2.75, 3.05) is 14.2 Å².